The third-order valence-corrected chi connectivity index (χ3v) is 3.29. The number of methoxy groups -OCH3 is 1. The highest BCUT2D eigenvalue weighted by Crippen LogP contribution is 2.13. The van der Waals surface area contributed by atoms with Gasteiger partial charge in [-0.1, -0.05) is 19.1 Å². The van der Waals surface area contributed by atoms with E-state index in [1.54, 1.807) is 24.3 Å². The summed E-state index contributed by atoms with van der Waals surface area (Å²) in [4.78, 5) is 23.2. The predicted molar refractivity (Wildman–Crippen MR) is 87.7 cm³/mol. The van der Waals surface area contributed by atoms with Crippen LogP contribution in [0.1, 0.15) is 22.8 Å². The molecule has 1 N–H and O–H groups in total. The van der Waals surface area contributed by atoms with Crippen molar-refractivity contribution in [2.24, 2.45) is 0 Å². The number of anilines is 1. The lowest BCUT2D eigenvalue weighted by molar-refractivity contribution is -0.118. The van der Waals surface area contributed by atoms with Gasteiger partial charge in [0, 0.05) is 5.69 Å². The van der Waals surface area contributed by atoms with E-state index in [-0.39, 0.29) is 12.5 Å². The lowest BCUT2D eigenvalue weighted by Crippen LogP contribution is -2.20. The molecule has 0 aromatic heterocycles. The molecule has 1 amide bonds. The number of amides is 1. The van der Waals surface area contributed by atoms with Gasteiger partial charge in [-0.05, 0) is 48.4 Å². The topological polar surface area (TPSA) is 64.6 Å². The predicted octanol–water partition coefficient (Wildman–Crippen LogP) is 3.05. The van der Waals surface area contributed by atoms with Gasteiger partial charge in [-0.3, -0.25) is 4.79 Å². The number of benzene rings is 2. The van der Waals surface area contributed by atoms with Gasteiger partial charge in [-0.2, -0.15) is 0 Å². The highest BCUT2D eigenvalue weighted by Gasteiger charge is 2.07. The summed E-state index contributed by atoms with van der Waals surface area (Å²) in [7, 11) is 1.32. The summed E-state index contributed by atoms with van der Waals surface area (Å²) < 4.78 is 10.0. The van der Waals surface area contributed by atoms with Crippen molar-refractivity contribution in [3.05, 3.63) is 59.7 Å². The molecule has 2 rings (SSSR count). The third-order valence-electron chi connectivity index (χ3n) is 3.29. The minimum Gasteiger partial charge on any atom is -0.484 e. The standard InChI is InChI=1S/C18H19NO4/c1-3-13-4-10-16(11-5-13)23-12-17(20)19-15-8-6-14(7-9-15)18(21)22-2/h4-11H,3,12H2,1-2H3,(H,19,20). The van der Waals surface area contributed by atoms with Crippen LogP contribution >= 0.6 is 0 Å². The Morgan fingerprint density at radius 2 is 1.65 bits per heavy atom. The van der Waals surface area contributed by atoms with Gasteiger partial charge in [0.25, 0.3) is 5.91 Å². The molecule has 0 bridgehead atoms. The fourth-order valence-electron chi connectivity index (χ4n) is 1.97. The van der Waals surface area contributed by atoms with E-state index in [1.165, 1.54) is 12.7 Å². The van der Waals surface area contributed by atoms with Crippen molar-refractivity contribution in [3.63, 3.8) is 0 Å². The molecule has 0 aliphatic carbocycles. The summed E-state index contributed by atoms with van der Waals surface area (Å²) in [5.41, 5.74) is 2.23. The van der Waals surface area contributed by atoms with Crippen molar-refractivity contribution in [1.29, 1.82) is 0 Å². The number of hydrogen-bond acceptors (Lipinski definition) is 4. The number of carbonyl (C=O) groups is 2. The molecule has 0 radical (unpaired) electrons. The third kappa shape index (κ3) is 4.85. The van der Waals surface area contributed by atoms with Crippen LogP contribution in [0, 0.1) is 0 Å². The fourth-order valence-corrected chi connectivity index (χ4v) is 1.97. The summed E-state index contributed by atoms with van der Waals surface area (Å²) in [6.45, 7) is 2.00. The van der Waals surface area contributed by atoms with Crippen molar-refractivity contribution >= 4 is 17.6 Å². The summed E-state index contributed by atoms with van der Waals surface area (Å²) in [5, 5.41) is 2.70. The molecule has 120 valence electrons. The molecule has 0 saturated carbocycles. The van der Waals surface area contributed by atoms with E-state index in [1.807, 2.05) is 24.3 Å². The lowest BCUT2D eigenvalue weighted by Gasteiger charge is -2.08. The number of ether oxygens (including phenoxy) is 2. The Bertz CT molecular complexity index is 662. The van der Waals surface area contributed by atoms with Crippen molar-refractivity contribution < 1.29 is 19.1 Å². The van der Waals surface area contributed by atoms with E-state index in [9.17, 15) is 9.59 Å². The van der Waals surface area contributed by atoms with Crippen LogP contribution in [0.2, 0.25) is 0 Å². The Labute approximate surface area is 135 Å². The maximum absolute atomic E-state index is 11.9. The highest BCUT2D eigenvalue weighted by atomic mass is 16.5. The van der Waals surface area contributed by atoms with Gasteiger partial charge < -0.3 is 14.8 Å². The Morgan fingerprint density at radius 1 is 1.00 bits per heavy atom. The molecule has 2 aromatic rings. The lowest BCUT2D eigenvalue weighted by atomic mass is 10.2. The van der Waals surface area contributed by atoms with E-state index in [0.717, 1.165) is 6.42 Å². The van der Waals surface area contributed by atoms with E-state index in [0.29, 0.717) is 17.0 Å². The Kier molecular flexibility index (Phi) is 5.74. The normalized spacial score (nSPS) is 10.0. The molecule has 0 saturated heterocycles. The zero-order valence-electron chi connectivity index (χ0n) is 13.2. The molecule has 0 fully saturated rings. The first kappa shape index (κ1) is 16.5. The van der Waals surface area contributed by atoms with Gasteiger partial charge in [0.05, 0.1) is 12.7 Å². The Balaban J connectivity index is 1.85. The second kappa shape index (κ2) is 7.98. The van der Waals surface area contributed by atoms with Gasteiger partial charge >= 0.3 is 5.97 Å². The number of esters is 1. The van der Waals surface area contributed by atoms with Crippen LogP contribution in [0.15, 0.2) is 48.5 Å². The average molecular weight is 313 g/mol. The monoisotopic (exact) mass is 313 g/mol. The zero-order chi connectivity index (χ0) is 16.7. The quantitative estimate of drug-likeness (QED) is 0.833. The molecule has 5 heteroatoms. The molecule has 0 aliphatic rings. The van der Waals surface area contributed by atoms with Crippen molar-refractivity contribution in [2.45, 2.75) is 13.3 Å². The minimum absolute atomic E-state index is 0.0791. The number of aryl methyl sites for hydroxylation is 1. The summed E-state index contributed by atoms with van der Waals surface area (Å²) in [6, 6.07) is 14.1. The fraction of sp³-hybridized carbons (Fsp3) is 0.222. The van der Waals surface area contributed by atoms with Gasteiger partial charge in [-0.15, -0.1) is 0 Å². The van der Waals surface area contributed by atoms with Crippen LogP contribution in [-0.2, 0) is 16.0 Å². The number of hydrogen-bond donors (Lipinski definition) is 1. The molecule has 0 heterocycles. The molecular formula is C18H19NO4. The largest absolute Gasteiger partial charge is 0.484 e. The van der Waals surface area contributed by atoms with Crippen LogP contribution in [0.25, 0.3) is 0 Å². The number of carbonyl (C=O) groups excluding carboxylic acids is 2. The summed E-state index contributed by atoms with van der Waals surface area (Å²) in [5.74, 6) is -0.0319. The highest BCUT2D eigenvalue weighted by molar-refractivity contribution is 5.93. The van der Waals surface area contributed by atoms with E-state index in [2.05, 4.69) is 17.0 Å². The average Bonchev–Trinajstić information content (AvgIpc) is 2.60. The van der Waals surface area contributed by atoms with E-state index in [4.69, 9.17) is 4.74 Å². The van der Waals surface area contributed by atoms with Crippen LogP contribution in [-0.4, -0.2) is 25.6 Å². The molecule has 0 atom stereocenters. The Morgan fingerprint density at radius 3 is 2.22 bits per heavy atom. The van der Waals surface area contributed by atoms with Crippen molar-refractivity contribution in [1.82, 2.24) is 0 Å². The van der Waals surface area contributed by atoms with Gasteiger partial charge in [-0.25, -0.2) is 4.79 Å². The molecule has 23 heavy (non-hydrogen) atoms. The minimum atomic E-state index is -0.415. The van der Waals surface area contributed by atoms with Gasteiger partial charge in [0.15, 0.2) is 6.61 Å². The first-order valence-electron chi connectivity index (χ1n) is 7.32. The molecule has 2 aromatic carbocycles. The zero-order valence-corrected chi connectivity index (χ0v) is 13.2. The van der Waals surface area contributed by atoms with Gasteiger partial charge in [0.2, 0.25) is 0 Å². The molecular weight excluding hydrogens is 294 g/mol. The van der Waals surface area contributed by atoms with Crippen molar-refractivity contribution in [2.75, 3.05) is 19.0 Å². The number of rotatable bonds is 6. The second-order valence-electron chi connectivity index (χ2n) is 4.90. The first-order chi connectivity index (χ1) is 11.1. The van der Waals surface area contributed by atoms with Crippen LogP contribution in [0.3, 0.4) is 0 Å². The maximum Gasteiger partial charge on any atom is 0.337 e. The van der Waals surface area contributed by atoms with Crippen LogP contribution in [0.4, 0.5) is 5.69 Å². The van der Waals surface area contributed by atoms with Gasteiger partial charge in [0.1, 0.15) is 5.75 Å². The van der Waals surface area contributed by atoms with E-state index >= 15 is 0 Å². The molecule has 0 aliphatic heterocycles. The van der Waals surface area contributed by atoms with Crippen LogP contribution in [0.5, 0.6) is 5.75 Å². The number of nitrogens with one attached hydrogen (secondary N) is 1. The van der Waals surface area contributed by atoms with Crippen molar-refractivity contribution in [3.8, 4) is 5.75 Å². The molecule has 0 spiro atoms. The summed E-state index contributed by atoms with van der Waals surface area (Å²) in [6.07, 6.45) is 0.961. The Hall–Kier alpha value is -2.82. The van der Waals surface area contributed by atoms with E-state index < -0.39 is 5.97 Å². The SMILES string of the molecule is CCc1ccc(OCC(=O)Nc2ccc(C(=O)OC)cc2)cc1. The second-order valence-corrected chi connectivity index (χ2v) is 4.90. The smallest absolute Gasteiger partial charge is 0.337 e. The van der Waals surface area contributed by atoms with Crippen LogP contribution < -0.4 is 10.1 Å². The summed E-state index contributed by atoms with van der Waals surface area (Å²) >= 11 is 0. The maximum atomic E-state index is 11.9. The first-order valence-corrected chi connectivity index (χ1v) is 7.32. The molecule has 0 unspecified atom stereocenters. The molecule has 5 nitrogen and oxygen atoms in total.